The molecule has 0 heterocycles. The average molecular weight is 393 g/mol. The highest BCUT2D eigenvalue weighted by Gasteiger charge is 2.36. The minimum Gasteiger partial charge on any atom is -0.456 e. The third-order valence-corrected chi connectivity index (χ3v) is 4.95. The minimum absolute atomic E-state index is 0.0471. The zero-order valence-electron chi connectivity index (χ0n) is 9.79. The number of esters is 1. The maximum Gasteiger partial charge on any atom is 0.338 e. The molecule has 0 aromatic heterocycles. The highest BCUT2D eigenvalue weighted by atomic mass is 79.9. The molecule has 1 fully saturated rings. The molecule has 0 radical (unpaired) electrons. The lowest BCUT2D eigenvalue weighted by Crippen LogP contribution is -2.28. The van der Waals surface area contributed by atoms with Crippen molar-refractivity contribution in [3.8, 4) is 0 Å². The van der Waals surface area contributed by atoms with Gasteiger partial charge in [0, 0.05) is 12.1 Å². The van der Waals surface area contributed by atoms with Crippen LogP contribution < -0.4 is 0 Å². The standard InChI is InChI=1S/C12H11Br2NO4/c13-9-5-6-10(14)11(9)19-12(16)7-1-3-8(4-2-7)15(17)18/h1-4,9-11H,5-6H2/t9-,10+,11?. The number of hydrogen-bond acceptors (Lipinski definition) is 4. The molecule has 0 N–H and O–H groups in total. The van der Waals surface area contributed by atoms with Gasteiger partial charge in [-0.15, -0.1) is 0 Å². The Bertz CT molecular complexity index is 481. The number of rotatable bonds is 3. The second-order valence-electron chi connectivity index (χ2n) is 4.28. The quantitative estimate of drug-likeness (QED) is 0.342. The first kappa shape index (κ1) is 14.5. The summed E-state index contributed by atoms with van der Waals surface area (Å²) in [6.07, 6.45) is 1.66. The SMILES string of the molecule is O=C(OC1[C@H](Br)CC[C@@H]1Br)c1ccc([N+](=O)[O-])cc1. The summed E-state index contributed by atoms with van der Waals surface area (Å²) in [5.41, 5.74) is 0.269. The van der Waals surface area contributed by atoms with Crippen LogP contribution in [-0.4, -0.2) is 26.7 Å². The van der Waals surface area contributed by atoms with Gasteiger partial charge < -0.3 is 4.74 Å². The number of ether oxygens (including phenoxy) is 1. The van der Waals surface area contributed by atoms with Gasteiger partial charge in [-0.2, -0.15) is 0 Å². The van der Waals surface area contributed by atoms with Crippen LogP contribution in [0, 0.1) is 10.1 Å². The molecule has 7 heteroatoms. The third kappa shape index (κ3) is 3.33. The summed E-state index contributed by atoms with van der Waals surface area (Å²) in [7, 11) is 0. The van der Waals surface area contributed by atoms with Gasteiger partial charge in [0.05, 0.1) is 20.1 Å². The monoisotopic (exact) mass is 391 g/mol. The van der Waals surface area contributed by atoms with Crippen LogP contribution in [0.25, 0.3) is 0 Å². The van der Waals surface area contributed by atoms with Crippen molar-refractivity contribution in [2.75, 3.05) is 0 Å². The first-order valence-electron chi connectivity index (χ1n) is 5.72. The maximum atomic E-state index is 11.9. The van der Waals surface area contributed by atoms with E-state index >= 15 is 0 Å². The number of benzene rings is 1. The molecule has 0 aliphatic heterocycles. The van der Waals surface area contributed by atoms with Crippen molar-refractivity contribution in [3.05, 3.63) is 39.9 Å². The molecule has 1 aromatic carbocycles. The molecular weight excluding hydrogens is 382 g/mol. The molecule has 1 aliphatic rings. The molecule has 5 nitrogen and oxygen atoms in total. The zero-order valence-corrected chi connectivity index (χ0v) is 13.0. The number of halogens is 2. The lowest BCUT2D eigenvalue weighted by Gasteiger charge is -2.18. The molecule has 2 rings (SSSR count). The Hall–Kier alpha value is -0.950. The number of hydrogen-bond donors (Lipinski definition) is 0. The van der Waals surface area contributed by atoms with Crippen LogP contribution in [0.2, 0.25) is 0 Å². The molecule has 1 saturated carbocycles. The van der Waals surface area contributed by atoms with E-state index in [0.29, 0.717) is 5.56 Å². The molecule has 0 amide bonds. The first-order chi connectivity index (χ1) is 8.99. The van der Waals surface area contributed by atoms with E-state index in [1.807, 2.05) is 0 Å². The van der Waals surface area contributed by atoms with Gasteiger partial charge in [0.1, 0.15) is 6.10 Å². The largest absolute Gasteiger partial charge is 0.456 e. The number of carbonyl (C=O) groups is 1. The molecular formula is C12H11Br2NO4. The van der Waals surface area contributed by atoms with Crippen LogP contribution in [0.4, 0.5) is 5.69 Å². The Morgan fingerprint density at radius 2 is 1.74 bits per heavy atom. The maximum absolute atomic E-state index is 11.9. The Balaban J connectivity index is 2.05. The van der Waals surface area contributed by atoms with Gasteiger partial charge in [-0.05, 0) is 25.0 Å². The van der Waals surface area contributed by atoms with Crippen molar-refractivity contribution in [2.45, 2.75) is 28.6 Å². The number of nitro benzene ring substituents is 1. The van der Waals surface area contributed by atoms with Gasteiger partial charge in [-0.3, -0.25) is 10.1 Å². The van der Waals surface area contributed by atoms with Crippen LogP contribution in [-0.2, 0) is 4.74 Å². The summed E-state index contributed by atoms with van der Waals surface area (Å²) in [6, 6.07) is 5.40. The normalized spacial score (nSPS) is 26.1. The molecule has 1 unspecified atom stereocenters. The fourth-order valence-corrected chi connectivity index (χ4v) is 3.82. The molecule has 1 aromatic rings. The van der Waals surface area contributed by atoms with E-state index in [0.717, 1.165) is 12.8 Å². The van der Waals surface area contributed by atoms with Crippen molar-refractivity contribution in [1.29, 1.82) is 0 Å². The van der Waals surface area contributed by atoms with E-state index in [-0.39, 0.29) is 21.4 Å². The molecule has 102 valence electrons. The van der Waals surface area contributed by atoms with E-state index in [1.165, 1.54) is 24.3 Å². The number of nitro groups is 1. The number of carbonyl (C=O) groups excluding carboxylic acids is 1. The Kier molecular flexibility index (Phi) is 4.57. The van der Waals surface area contributed by atoms with Crippen molar-refractivity contribution in [3.63, 3.8) is 0 Å². The van der Waals surface area contributed by atoms with Crippen LogP contribution >= 0.6 is 31.9 Å². The van der Waals surface area contributed by atoms with Crippen LogP contribution in [0.1, 0.15) is 23.2 Å². The topological polar surface area (TPSA) is 69.4 Å². The molecule has 19 heavy (non-hydrogen) atoms. The third-order valence-electron chi connectivity index (χ3n) is 2.99. The summed E-state index contributed by atoms with van der Waals surface area (Å²) in [5.74, 6) is -0.462. The van der Waals surface area contributed by atoms with E-state index < -0.39 is 10.9 Å². The van der Waals surface area contributed by atoms with Gasteiger partial charge in [-0.25, -0.2) is 4.79 Å². The smallest absolute Gasteiger partial charge is 0.338 e. The fourth-order valence-electron chi connectivity index (χ4n) is 1.93. The second kappa shape index (κ2) is 6.00. The van der Waals surface area contributed by atoms with Gasteiger partial charge in [0.25, 0.3) is 5.69 Å². The highest BCUT2D eigenvalue weighted by Crippen LogP contribution is 2.34. The average Bonchev–Trinajstić information content (AvgIpc) is 2.70. The second-order valence-corrected chi connectivity index (χ2v) is 6.64. The minimum atomic E-state index is -0.505. The van der Waals surface area contributed by atoms with E-state index in [2.05, 4.69) is 31.9 Å². The number of non-ortho nitro benzene ring substituents is 1. The summed E-state index contributed by atoms with van der Waals surface area (Å²) in [6.45, 7) is 0. The first-order valence-corrected chi connectivity index (χ1v) is 7.56. The van der Waals surface area contributed by atoms with Crippen LogP contribution in [0.15, 0.2) is 24.3 Å². The summed E-state index contributed by atoms with van der Waals surface area (Å²) in [5, 5.41) is 10.5. The number of nitrogens with zero attached hydrogens (tertiary/aromatic N) is 1. The van der Waals surface area contributed by atoms with E-state index in [4.69, 9.17) is 4.74 Å². The predicted octanol–water partition coefficient (Wildman–Crippen LogP) is 3.44. The number of alkyl halides is 2. The van der Waals surface area contributed by atoms with Crippen LogP contribution in [0.3, 0.4) is 0 Å². The Labute approximate surface area is 126 Å². The lowest BCUT2D eigenvalue weighted by molar-refractivity contribution is -0.384. The van der Waals surface area contributed by atoms with E-state index in [1.54, 1.807) is 0 Å². The Morgan fingerprint density at radius 1 is 1.21 bits per heavy atom. The molecule has 0 spiro atoms. The van der Waals surface area contributed by atoms with Crippen molar-refractivity contribution < 1.29 is 14.5 Å². The summed E-state index contributed by atoms with van der Waals surface area (Å²) in [4.78, 5) is 22.2. The fraction of sp³-hybridized carbons (Fsp3) is 0.417. The molecule has 1 aliphatic carbocycles. The highest BCUT2D eigenvalue weighted by molar-refractivity contribution is 9.10. The zero-order chi connectivity index (χ0) is 14.0. The van der Waals surface area contributed by atoms with Gasteiger partial charge in [-0.1, -0.05) is 31.9 Å². The van der Waals surface area contributed by atoms with Gasteiger partial charge >= 0.3 is 5.97 Å². The van der Waals surface area contributed by atoms with Gasteiger partial charge in [0.2, 0.25) is 0 Å². The summed E-state index contributed by atoms with van der Waals surface area (Å²) >= 11 is 6.96. The van der Waals surface area contributed by atoms with Crippen molar-refractivity contribution in [2.24, 2.45) is 0 Å². The van der Waals surface area contributed by atoms with E-state index in [9.17, 15) is 14.9 Å². The predicted molar refractivity (Wildman–Crippen MR) is 77.0 cm³/mol. The van der Waals surface area contributed by atoms with Crippen molar-refractivity contribution >= 4 is 43.5 Å². The lowest BCUT2D eigenvalue weighted by atomic mass is 10.2. The molecule has 0 bridgehead atoms. The Morgan fingerprint density at radius 3 is 2.21 bits per heavy atom. The van der Waals surface area contributed by atoms with Crippen molar-refractivity contribution in [1.82, 2.24) is 0 Å². The molecule has 0 saturated heterocycles. The van der Waals surface area contributed by atoms with Crippen LogP contribution in [0.5, 0.6) is 0 Å². The van der Waals surface area contributed by atoms with Gasteiger partial charge in [0.15, 0.2) is 0 Å². The summed E-state index contributed by atoms with van der Waals surface area (Å²) < 4.78 is 5.42. The molecule has 3 atom stereocenters.